The smallest absolute Gasteiger partial charge is 0.161 e. The van der Waals surface area contributed by atoms with Crippen molar-refractivity contribution >= 4 is 33.3 Å². The fraction of sp³-hybridized carbons (Fsp3) is 0.294. The third kappa shape index (κ3) is 8.28. The number of hydrogen-bond acceptors (Lipinski definition) is 7. The number of nitrogens with zero attached hydrogens (tertiary/aromatic N) is 1. The molecule has 9 heteroatoms. The van der Waals surface area contributed by atoms with E-state index in [1.165, 1.54) is 0 Å². The summed E-state index contributed by atoms with van der Waals surface area (Å²) >= 11 is 10.2. The zero-order valence-corrected chi connectivity index (χ0v) is 26.6. The van der Waals surface area contributed by atoms with E-state index in [9.17, 15) is 4.79 Å². The SMILES string of the molecule is CC(=O)CCCNCc1cc(Cl)c(OCc2cccc(-c3ccc4c(c3)OCCO4)c2C)cc1OCc1cncc(Br)c1. The largest absolute Gasteiger partial charge is 0.488 e. The number of Topliss-reactive ketones (excluding diaryl/α,β-unsaturated/α-hetero) is 1. The van der Waals surface area contributed by atoms with Gasteiger partial charge in [0.05, 0.1) is 5.02 Å². The van der Waals surface area contributed by atoms with Crippen LogP contribution in [0, 0.1) is 6.92 Å². The van der Waals surface area contributed by atoms with E-state index in [1.807, 2.05) is 36.4 Å². The van der Waals surface area contributed by atoms with Gasteiger partial charge >= 0.3 is 0 Å². The van der Waals surface area contributed by atoms with Crippen molar-refractivity contribution in [2.24, 2.45) is 0 Å². The van der Waals surface area contributed by atoms with Crippen molar-refractivity contribution < 1.29 is 23.7 Å². The van der Waals surface area contributed by atoms with Crippen LogP contribution in [0.25, 0.3) is 11.1 Å². The van der Waals surface area contributed by atoms with Crippen molar-refractivity contribution in [3.8, 4) is 34.1 Å². The first-order valence-corrected chi connectivity index (χ1v) is 15.4. The molecular weight excluding hydrogens is 632 g/mol. The van der Waals surface area contributed by atoms with E-state index in [1.54, 1.807) is 19.3 Å². The molecular formula is C34H34BrClN2O5. The number of benzene rings is 3. The van der Waals surface area contributed by atoms with Gasteiger partial charge in [0.25, 0.3) is 0 Å². The van der Waals surface area contributed by atoms with Crippen LogP contribution in [0.5, 0.6) is 23.0 Å². The normalized spacial score (nSPS) is 12.2. The molecule has 1 aliphatic heterocycles. The van der Waals surface area contributed by atoms with Crippen LogP contribution in [0.4, 0.5) is 0 Å². The lowest BCUT2D eigenvalue weighted by atomic mass is 9.96. The molecule has 0 saturated heterocycles. The van der Waals surface area contributed by atoms with Crippen molar-refractivity contribution in [2.45, 2.75) is 46.4 Å². The molecule has 3 aromatic carbocycles. The molecule has 1 N–H and O–H groups in total. The Kier molecular flexibility index (Phi) is 10.6. The van der Waals surface area contributed by atoms with E-state index in [-0.39, 0.29) is 5.78 Å². The highest BCUT2D eigenvalue weighted by Gasteiger charge is 2.16. The van der Waals surface area contributed by atoms with Gasteiger partial charge in [0.2, 0.25) is 0 Å². The third-order valence-electron chi connectivity index (χ3n) is 7.15. The molecule has 1 aromatic heterocycles. The fourth-order valence-electron chi connectivity index (χ4n) is 4.86. The van der Waals surface area contributed by atoms with Gasteiger partial charge in [-0.1, -0.05) is 35.9 Å². The Bertz CT molecular complexity index is 1600. The Morgan fingerprint density at radius 2 is 1.79 bits per heavy atom. The number of carbonyl (C=O) groups is 1. The second-order valence-corrected chi connectivity index (χ2v) is 11.7. The van der Waals surface area contributed by atoms with Crippen LogP contribution in [0.2, 0.25) is 5.02 Å². The summed E-state index contributed by atoms with van der Waals surface area (Å²) in [6.07, 6.45) is 4.83. The number of carbonyl (C=O) groups excluding carboxylic acids is 1. The van der Waals surface area contributed by atoms with Crippen molar-refractivity contribution in [2.75, 3.05) is 19.8 Å². The standard InChI is InChI=1S/C34H34BrClN2O5/c1-22(39)5-4-10-37-18-27-14-30(36)33(16-32(27)42-20-24-13-28(35)19-38-17-24)43-21-26-6-3-7-29(23(26)2)25-8-9-31-34(15-25)41-12-11-40-31/h3,6-9,13-17,19,37H,4-5,10-12,18,20-21H2,1-2H3. The third-order valence-corrected chi connectivity index (χ3v) is 7.88. The van der Waals surface area contributed by atoms with Crippen LogP contribution in [0.3, 0.4) is 0 Å². The lowest BCUT2D eigenvalue weighted by Gasteiger charge is -2.20. The molecule has 43 heavy (non-hydrogen) atoms. The van der Waals surface area contributed by atoms with Crippen molar-refractivity contribution in [1.82, 2.24) is 10.3 Å². The number of ketones is 1. The van der Waals surface area contributed by atoms with Gasteiger partial charge < -0.3 is 29.1 Å². The Labute approximate surface area is 265 Å². The minimum absolute atomic E-state index is 0.185. The topological polar surface area (TPSA) is 78.9 Å². The lowest BCUT2D eigenvalue weighted by Crippen LogP contribution is -2.16. The Balaban J connectivity index is 1.33. The molecule has 2 heterocycles. The van der Waals surface area contributed by atoms with Crippen LogP contribution >= 0.6 is 27.5 Å². The van der Waals surface area contributed by atoms with Gasteiger partial charge in [-0.15, -0.1) is 0 Å². The number of fused-ring (bicyclic) bond motifs is 1. The lowest BCUT2D eigenvalue weighted by molar-refractivity contribution is -0.117. The number of rotatable bonds is 13. The van der Waals surface area contributed by atoms with Crippen LogP contribution in [0.15, 0.2) is 71.5 Å². The van der Waals surface area contributed by atoms with E-state index in [0.29, 0.717) is 62.5 Å². The predicted octanol–water partition coefficient (Wildman–Crippen LogP) is 7.86. The first kappa shape index (κ1) is 30.9. The molecule has 0 fully saturated rings. The number of hydrogen-bond donors (Lipinski definition) is 1. The van der Waals surface area contributed by atoms with Crippen LogP contribution < -0.4 is 24.3 Å². The first-order valence-electron chi connectivity index (χ1n) is 14.2. The maximum Gasteiger partial charge on any atom is 0.161 e. The van der Waals surface area contributed by atoms with Gasteiger partial charge in [-0.25, -0.2) is 0 Å². The molecule has 0 unspecified atom stereocenters. The van der Waals surface area contributed by atoms with Gasteiger partial charge in [0, 0.05) is 47.0 Å². The molecule has 4 aromatic rings. The summed E-state index contributed by atoms with van der Waals surface area (Å²) < 4.78 is 24.9. The van der Waals surface area contributed by atoms with Crippen LogP contribution in [0.1, 0.15) is 42.0 Å². The summed E-state index contributed by atoms with van der Waals surface area (Å²) in [6.45, 7) is 6.73. The maximum absolute atomic E-state index is 11.3. The number of ether oxygens (including phenoxy) is 4. The van der Waals surface area contributed by atoms with Crippen molar-refractivity contribution in [1.29, 1.82) is 0 Å². The zero-order chi connectivity index (χ0) is 30.2. The van der Waals surface area contributed by atoms with E-state index in [0.717, 1.165) is 55.8 Å². The first-order chi connectivity index (χ1) is 20.9. The highest BCUT2D eigenvalue weighted by atomic mass is 79.9. The average molecular weight is 666 g/mol. The molecule has 0 amide bonds. The minimum Gasteiger partial charge on any atom is -0.488 e. The monoisotopic (exact) mass is 664 g/mol. The number of pyridine rings is 1. The van der Waals surface area contributed by atoms with Gasteiger partial charge in [-0.2, -0.15) is 0 Å². The molecule has 5 rings (SSSR count). The molecule has 0 spiro atoms. The maximum atomic E-state index is 11.3. The number of halogens is 2. The molecule has 0 radical (unpaired) electrons. The zero-order valence-electron chi connectivity index (χ0n) is 24.3. The quantitative estimate of drug-likeness (QED) is 0.146. The van der Waals surface area contributed by atoms with E-state index in [2.05, 4.69) is 51.4 Å². The van der Waals surface area contributed by atoms with Gasteiger partial charge in [-0.3, -0.25) is 4.98 Å². The summed E-state index contributed by atoms with van der Waals surface area (Å²) in [6, 6.07) is 17.9. The van der Waals surface area contributed by atoms with Crippen LogP contribution in [-0.4, -0.2) is 30.5 Å². The van der Waals surface area contributed by atoms with Crippen molar-refractivity contribution in [3.05, 3.63) is 98.7 Å². The summed E-state index contributed by atoms with van der Waals surface area (Å²) in [7, 11) is 0. The summed E-state index contributed by atoms with van der Waals surface area (Å²) in [5, 5.41) is 3.89. The predicted molar refractivity (Wildman–Crippen MR) is 171 cm³/mol. The second-order valence-electron chi connectivity index (χ2n) is 10.4. The summed E-state index contributed by atoms with van der Waals surface area (Å²) in [5.41, 5.74) is 6.14. The van der Waals surface area contributed by atoms with Gasteiger partial charge in [0.15, 0.2) is 11.5 Å². The van der Waals surface area contributed by atoms with E-state index >= 15 is 0 Å². The average Bonchev–Trinajstić information content (AvgIpc) is 3.00. The minimum atomic E-state index is 0.185. The molecule has 0 bridgehead atoms. The van der Waals surface area contributed by atoms with Crippen molar-refractivity contribution in [3.63, 3.8) is 0 Å². The number of aromatic nitrogens is 1. The van der Waals surface area contributed by atoms with Crippen LogP contribution in [-0.2, 0) is 24.6 Å². The second kappa shape index (κ2) is 14.7. The highest BCUT2D eigenvalue weighted by molar-refractivity contribution is 9.10. The van der Waals surface area contributed by atoms with Gasteiger partial charge in [-0.05, 0) is 89.3 Å². The molecule has 1 aliphatic rings. The molecule has 0 atom stereocenters. The molecule has 224 valence electrons. The number of nitrogens with one attached hydrogen (secondary N) is 1. The van der Waals surface area contributed by atoms with E-state index < -0.39 is 0 Å². The fourth-order valence-corrected chi connectivity index (χ4v) is 5.51. The van der Waals surface area contributed by atoms with E-state index in [4.69, 9.17) is 30.5 Å². The summed E-state index contributed by atoms with van der Waals surface area (Å²) in [4.78, 5) is 15.5. The molecule has 7 nitrogen and oxygen atoms in total. The summed E-state index contributed by atoms with van der Waals surface area (Å²) in [5.74, 6) is 2.92. The van der Waals surface area contributed by atoms with Gasteiger partial charge in [0.1, 0.15) is 43.7 Å². The Morgan fingerprint density at radius 3 is 2.60 bits per heavy atom. The Hall–Kier alpha value is -3.59. The molecule has 0 aliphatic carbocycles. The highest BCUT2D eigenvalue weighted by Crippen LogP contribution is 2.37. The Morgan fingerprint density at radius 1 is 0.977 bits per heavy atom. The molecule has 0 saturated carbocycles.